The average Bonchev–Trinajstić information content (AvgIpc) is 3.65. The Kier molecular flexibility index (Phi) is 6.62. The molecular weight excluding hydrogens is 498 g/mol. The van der Waals surface area contributed by atoms with Gasteiger partial charge in [0, 0.05) is 25.6 Å². The van der Waals surface area contributed by atoms with Gasteiger partial charge < -0.3 is 14.2 Å². The zero-order chi connectivity index (χ0) is 27.1. The maximum atomic E-state index is 14.1. The molecule has 2 aliphatic carbocycles. The van der Waals surface area contributed by atoms with E-state index in [4.69, 9.17) is 9.72 Å². The van der Waals surface area contributed by atoms with Crippen molar-refractivity contribution >= 4 is 16.7 Å². The van der Waals surface area contributed by atoms with Gasteiger partial charge in [-0.2, -0.15) is 4.98 Å². The smallest absolute Gasteiger partial charge is 0.316 e. The Balaban J connectivity index is 1.38. The highest BCUT2D eigenvalue weighted by atomic mass is 16.5. The standard InChI is InChI=1S/C34H35N3O3/c38-33-31(40-22-24-9-2-1-3-10-24)30-34(39)36(21-23-17-18-23)19-20-37(30)32(35-33)29(26-12-4-5-13-26)28-16-8-14-25-11-6-7-15-27(25)28/h1-3,6-11,14-16,23,26,29H,4-5,12-13,17-22H2. The largest absolute Gasteiger partial charge is 0.481 e. The van der Waals surface area contributed by atoms with Gasteiger partial charge in [-0.25, -0.2) is 0 Å². The highest BCUT2D eigenvalue weighted by molar-refractivity contribution is 5.96. The Bertz CT molecular complexity index is 1600. The van der Waals surface area contributed by atoms with Gasteiger partial charge in [-0.1, -0.05) is 85.6 Å². The zero-order valence-corrected chi connectivity index (χ0v) is 22.8. The molecule has 2 heterocycles. The summed E-state index contributed by atoms with van der Waals surface area (Å²) in [5, 5.41) is 2.37. The average molecular weight is 534 g/mol. The minimum absolute atomic E-state index is 0.0639. The molecule has 4 aromatic rings. The number of hydrogen-bond donors (Lipinski definition) is 0. The molecule has 3 aliphatic rings. The summed E-state index contributed by atoms with van der Waals surface area (Å²) in [4.78, 5) is 34.6. The lowest BCUT2D eigenvalue weighted by molar-refractivity contribution is 0.0680. The minimum Gasteiger partial charge on any atom is -0.481 e. The third kappa shape index (κ3) is 4.70. The summed E-state index contributed by atoms with van der Waals surface area (Å²) < 4.78 is 8.19. The van der Waals surface area contributed by atoms with Crippen molar-refractivity contribution in [2.24, 2.45) is 11.8 Å². The Labute approximate surface area is 234 Å². The van der Waals surface area contributed by atoms with E-state index in [9.17, 15) is 9.59 Å². The fraction of sp³-hybridized carbons (Fsp3) is 0.382. The number of ether oxygens (including phenoxy) is 1. The van der Waals surface area contributed by atoms with Crippen molar-refractivity contribution in [2.45, 2.75) is 57.6 Å². The zero-order valence-electron chi connectivity index (χ0n) is 22.8. The van der Waals surface area contributed by atoms with E-state index < -0.39 is 5.56 Å². The molecule has 0 saturated heterocycles. The maximum Gasteiger partial charge on any atom is 0.316 e. The number of nitrogens with zero attached hydrogens (tertiary/aromatic N) is 3. The van der Waals surface area contributed by atoms with E-state index in [1.54, 1.807) is 0 Å². The molecule has 204 valence electrons. The Morgan fingerprint density at radius 1 is 0.850 bits per heavy atom. The fourth-order valence-corrected chi connectivity index (χ4v) is 6.76. The first-order valence-corrected chi connectivity index (χ1v) is 14.8. The molecule has 0 spiro atoms. The third-order valence-corrected chi connectivity index (χ3v) is 8.96. The van der Waals surface area contributed by atoms with E-state index >= 15 is 0 Å². The number of rotatable bonds is 8. The predicted octanol–water partition coefficient (Wildman–Crippen LogP) is 6.16. The molecule has 1 aliphatic heterocycles. The van der Waals surface area contributed by atoms with E-state index in [0.717, 1.165) is 30.8 Å². The molecule has 1 aromatic heterocycles. The summed E-state index contributed by atoms with van der Waals surface area (Å²) in [5.41, 5.74) is 2.07. The second-order valence-corrected chi connectivity index (χ2v) is 11.7. The molecule has 2 fully saturated rings. The van der Waals surface area contributed by atoms with Crippen LogP contribution in [0.4, 0.5) is 0 Å². The molecule has 1 atom stereocenters. The van der Waals surface area contributed by atoms with Crippen molar-refractivity contribution in [2.75, 3.05) is 13.1 Å². The summed E-state index contributed by atoms with van der Waals surface area (Å²) in [5.74, 6) is 1.57. The Morgan fingerprint density at radius 2 is 1.60 bits per heavy atom. The molecule has 2 saturated carbocycles. The SMILES string of the molecule is O=C1c2c(OCc3ccccc3)c(=O)nc(C(c3cccc4ccccc34)C3CCCC3)n2CCN1CC1CC1. The van der Waals surface area contributed by atoms with E-state index in [0.29, 0.717) is 30.6 Å². The lowest BCUT2D eigenvalue weighted by Crippen LogP contribution is -2.45. The van der Waals surface area contributed by atoms with Crippen molar-refractivity contribution in [1.82, 2.24) is 14.5 Å². The van der Waals surface area contributed by atoms with Crippen molar-refractivity contribution in [3.8, 4) is 5.75 Å². The number of carbonyl (C=O) groups excluding carboxylic acids is 1. The number of carbonyl (C=O) groups is 1. The van der Waals surface area contributed by atoms with Gasteiger partial charge in [-0.3, -0.25) is 9.59 Å². The second kappa shape index (κ2) is 10.6. The van der Waals surface area contributed by atoms with Crippen LogP contribution in [0.5, 0.6) is 5.75 Å². The van der Waals surface area contributed by atoms with Crippen LogP contribution in [0.1, 0.15) is 71.9 Å². The monoisotopic (exact) mass is 533 g/mol. The summed E-state index contributed by atoms with van der Waals surface area (Å²) in [6.45, 7) is 2.21. The van der Waals surface area contributed by atoms with Crippen LogP contribution in [-0.4, -0.2) is 33.4 Å². The lowest BCUT2D eigenvalue weighted by atomic mass is 9.81. The van der Waals surface area contributed by atoms with Crippen molar-refractivity contribution < 1.29 is 9.53 Å². The molecule has 0 radical (unpaired) electrons. The van der Waals surface area contributed by atoms with Crippen LogP contribution in [0, 0.1) is 11.8 Å². The van der Waals surface area contributed by atoms with Crippen LogP contribution in [0.2, 0.25) is 0 Å². The Hall–Kier alpha value is -3.93. The van der Waals surface area contributed by atoms with Gasteiger partial charge in [-0.05, 0) is 59.4 Å². The topological polar surface area (TPSA) is 64.4 Å². The highest BCUT2D eigenvalue weighted by Gasteiger charge is 2.39. The molecule has 0 N–H and O–H groups in total. The summed E-state index contributed by atoms with van der Waals surface area (Å²) in [7, 11) is 0. The van der Waals surface area contributed by atoms with Gasteiger partial charge >= 0.3 is 5.56 Å². The number of aromatic nitrogens is 2. The number of hydrogen-bond acceptors (Lipinski definition) is 4. The van der Waals surface area contributed by atoms with Crippen LogP contribution in [0.3, 0.4) is 0 Å². The van der Waals surface area contributed by atoms with Crippen LogP contribution in [-0.2, 0) is 13.2 Å². The first-order chi connectivity index (χ1) is 19.7. The second-order valence-electron chi connectivity index (χ2n) is 11.7. The number of fused-ring (bicyclic) bond motifs is 2. The molecule has 3 aromatic carbocycles. The van der Waals surface area contributed by atoms with Gasteiger partial charge in [0.15, 0.2) is 5.69 Å². The van der Waals surface area contributed by atoms with Gasteiger partial charge in [0.2, 0.25) is 5.75 Å². The number of benzene rings is 3. The molecule has 6 nitrogen and oxygen atoms in total. The third-order valence-electron chi connectivity index (χ3n) is 8.96. The maximum absolute atomic E-state index is 14.1. The first-order valence-electron chi connectivity index (χ1n) is 14.8. The normalized spacial score (nSPS) is 18.2. The lowest BCUT2D eigenvalue weighted by Gasteiger charge is -2.35. The first kappa shape index (κ1) is 25.1. The van der Waals surface area contributed by atoms with Crippen molar-refractivity contribution in [1.29, 1.82) is 0 Å². The molecule has 40 heavy (non-hydrogen) atoms. The van der Waals surface area contributed by atoms with Gasteiger partial charge in [0.1, 0.15) is 12.4 Å². The van der Waals surface area contributed by atoms with Gasteiger partial charge in [0.05, 0.1) is 0 Å². The predicted molar refractivity (Wildman–Crippen MR) is 156 cm³/mol. The van der Waals surface area contributed by atoms with E-state index in [-0.39, 0.29) is 24.2 Å². The van der Waals surface area contributed by atoms with Crippen LogP contribution in [0.15, 0.2) is 77.6 Å². The highest BCUT2D eigenvalue weighted by Crippen LogP contribution is 2.44. The minimum atomic E-state index is -0.443. The Morgan fingerprint density at radius 3 is 2.40 bits per heavy atom. The molecule has 7 rings (SSSR count). The van der Waals surface area contributed by atoms with Crippen LogP contribution < -0.4 is 10.3 Å². The van der Waals surface area contributed by atoms with Crippen LogP contribution in [0.25, 0.3) is 10.8 Å². The summed E-state index contributed by atoms with van der Waals surface area (Å²) in [6, 6.07) is 24.6. The summed E-state index contributed by atoms with van der Waals surface area (Å²) >= 11 is 0. The summed E-state index contributed by atoms with van der Waals surface area (Å²) in [6.07, 6.45) is 6.87. The van der Waals surface area contributed by atoms with Gasteiger partial charge in [0.25, 0.3) is 5.91 Å². The van der Waals surface area contributed by atoms with Crippen molar-refractivity contribution in [3.63, 3.8) is 0 Å². The molecule has 1 unspecified atom stereocenters. The quantitative estimate of drug-likeness (QED) is 0.272. The van der Waals surface area contributed by atoms with E-state index in [2.05, 4.69) is 42.5 Å². The fourth-order valence-electron chi connectivity index (χ4n) is 6.76. The van der Waals surface area contributed by atoms with E-state index in [1.807, 2.05) is 39.8 Å². The van der Waals surface area contributed by atoms with Crippen molar-refractivity contribution in [3.05, 3.63) is 106 Å². The van der Waals surface area contributed by atoms with Crippen LogP contribution >= 0.6 is 0 Å². The molecule has 1 amide bonds. The molecular formula is C34H35N3O3. The van der Waals surface area contributed by atoms with Gasteiger partial charge in [-0.15, -0.1) is 0 Å². The van der Waals surface area contributed by atoms with E-state index in [1.165, 1.54) is 42.0 Å². The molecule has 6 heteroatoms. The molecule has 0 bridgehead atoms. The number of amides is 1.